The van der Waals surface area contributed by atoms with Crippen molar-refractivity contribution in [2.24, 2.45) is 0 Å². The van der Waals surface area contributed by atoms with Gasteiger partial charge in [0.15, 0.2) is 11.6 Å². The molecule has 0 spiro atoms. The number of fused-ring (bicyclic) bond motifs is 1. The second kappa shape index (κ2) is 11.6. The van der Waals surface area contributed by atoms with Crippen LogP contribution in [-0.2, 0) is 24.6 Å². The van der Waals surface area contributed by atoms with E-state index in [-0.39, 0.29) is 5.78 Å². The average Bonchev–Trinajstić information content (AvgIpc) is 3.33. The van der Waals surface area contributed by atoms with Crippen molar-refractivity contribution < 1.29 is 9.53 Å². The van der Waals surface area contributed by atoms with E-state index in [1.54, 1.807) is 13.3 Å². The van der Waals surface area contributed by atoms with E-state index in [9.17, 15) is 4.79 Å². The van der Waals surface area contributed by atoms with E-state index in [1.165, 1.54) is 30.4 Å². The van der Waals surface area contributed by atoms with Crippen LogP contribution in [0.15, 0.2) is 72.9 Å². The summed E-state index contributed by atoms with van der Waals surface area (Å²) in [7, 11) is 1.73. The molecule has 0 aliphatic carbocycles. The fourth-order valence-electron chi connectivity index (χ4n) is 5.34. The fraction of sp³-hybridized carbons (Fsp3) is 0.355. The first kappa shape index (κ1) is 25.0. The van der Waals surface area contributed by atoms with Gasteiger partial charge in [-0.1, -0.05) is 67.6 Å². The molecule has 0 saturated carbocycles. The Morgan fingerprint density at radius 2 is 1.57 bits per heavy atom. The van der Waals surface area contributed by atoms with Crippen LogP contribution in [-0.4, -0.2) is 35.5 Å². The lowest BCUT2D eigenvalue weighted by atomic mass is 10.1. The van der Waals surface area contributed by atoms with Crippen molar-refractivity contribution in [1.29, 1.82) is 0 Å². The van der Waals surface area contributed by atoms with Crippen LogP contribution in [0.4, 0.5) is 11.6 Å². The van der Waals surface area contributed by atoms with E-state index in [1.807, 2.05) is 19.1 Å². The van der Waals surface area contributed by atoms with E-state index < -0.39 is 0 Å². The van der Waals surface area contributed by atoms with Crippen molar-refractivity contribution in [3.8, 4) is 0 Å². The number of piperidine rings is 1. The molecule has 0 atom stereocenters. The number of ether oxygens (including phenoxy) is 1. The second-order valence-electron chi connectivity index (χ2n) is 9.76. The zero-order valence-electron chi connectivity index (χ0n) is 21.9. The van der Waals surface area contributed by atoms with Crippen LogP contribution < -0.4 is 9.80 Å². The van der Waals surface area contributed by atoms with Gasteiger partial charge in [-0.3, -0.25) is 4.79 Å². The highest BCUT2D eigenvalue weighted by Gasteiger charge is 2.25. The van der Waals surface area contributed by atoms with Crippen LogP contribution in [0.3, 0.4) is 0 Å². The zero-order valence-corrected chi connectivity index (χ0v) is 21.9. The molecule has 0 radical (unpaired) electrons. The largest absolute Gasteiger partial charge is 0.364 e. The third kappa shape index (κ3) is 5.39. The third-order valence-electron chi connectivity index (χ3n) is 7.18. The predicted octanol–water partition coefficient (Wildman–Crippen LogP) is 6.43. The van der Waals surface area contributed by atoms with Crippen molar-refractivity contribution in [2.75, 3.05) is 30.0 Å². The Bertz CT molecular complexity index is 1290. The van der Waals surface area contributed by atoms with Crippen LogP contribution in [0.2, 0.25) is 0 Å². The van der Waals surface area contributed by atoms with Gasteiger partial charge in [0.25, 0.3) is 0 Å². The summed E-state index contributed by atoms with van der Waals surface area (Å²) in [6.07, 6.45) is 5.84. The Balaban J connectivity index is 1.70. The number of methoxy groups -OCH3 is 1. The Morgan fingerprint density at radius 3 is 2.14 bits per heavy atom. The lowest BCUT2D eigenvalue weighted by Crippen LogP contribution is -2.31. The fourth-order valence-corrected chi connectivity index (χ4v) is 5.34. The van der Waals surface area contributed by atoms with Gasteiger partial charge in [0, 0.05) is 56.9 Å². The molecule has 6 nitrogen and oxygen atoms in total. The lowest BCUT2D eigenvalue weighted by Gasteiger charge is -2.30. The zero-order chi connectivity index (χ0) is 25.6. The highest BCUT2D eigenvalue weighted by molar-refractivity contribution is 6.10. The van der Waals surface area contributed by atoms with Crippen molar-refractivity contribution >= 4 is 28.3 Å². The Kier molecular flexibility index (Phi) is 7.85. The standard InChI is InChI=1S/C31H36N4O2/c1-3-28(36)27-20-32-31(30-26(27)19-29(35(30)23-37-2)33-17-11-6-12-18-33)34(21-24-13-7-4-8-14-24)22-25-15-9-5-10-16-25/h4-5,7-10,13-16,19-20H,3,6,11-12,17-18,21-23H2,1-2H3. The molecule has 1 aliphatic rings. The van der Waals surface area contributed by atoms with Crippen LogP contribution in [0, 0.1) is 0 Å². The van der Waals surface area contributed by atoms with Gasteiger partial charge in [0.2, 0.25) is 0 Å². The number of benzene rings is 2. The number of rotatable bonds is 10. The van der Waals surface area contributed by atoms with E-state index in [0.717, 1.165) is 35.6 Å². The lowest BCUT2D eigenvalue weighted by molar-refractivity contribution is 0.0989. The maximum Gasteiger partial charge on any atom is 0.164 e. The molecule has 37 heavy (non-hydrogen) atoms. The summed E-state index contributed by atoms with van der Waals surface area (Å²) < 4.78 is 7.95. The number of ketones is 1. The summed E-state index contributed by atoms with van der Waals surface area (Å²) in [5.74, 6) is 2.09. The van der Waals surface area contributed by atoms with E-state index >= 15 is 0 Å². The minimum absolute atomic E-state index is 0.112. The molecule has 1 saturated heterocycles. The first-order valence-corrected chi connectivity index (χ1v) is 13.3. The van der Waals surface area contributed by atoms with E-state index in [0.29, 0.717) is 31.8 Å². The Hall–Kier alpha value is -3.64. The minimum atomic E-state index is 0.112. The molecular formula is C31H36N4O2. The normalized spacial score (nSPS) is 13.7. The molecule has 0 bridgehead atoms. The van der Waals surface area contributed by atoms with Gasteiger partial charge in [0.05, 0.1) is 5.52 Å². The summed E-state index contributed by atoms with van der Waals surface area (Å²) in [4.78, 5) is 22.8. The summed E-state index contributed by atoms with van der Waals surface area (Å²) in [6.45, 7) is 5.75. The van der Waals surface area contributed by atoms with Gasteiger partial charge in [-0.2, -0.15) is 0 Å². The van der Waals surface area contributed by atoms with Crippen LogP contribution >= 0.6 is 0 Å². The molecule has 4 aromatic rings. The van der Waals surface area contributed by atoms with Crippen LogP contribution in [0.1, 0.15) is 54.1 Å². The summed E-state index contributed by atoms with van der Waals surface area (Å²) >= 11 is 0. The predicted molar refractivity (Wildman–Crippen MR) is 150 cm³/mol. The van der Waals surface area contributed by atoms with Gasteiger partial charge in [0.1, 0.15) is 12.5 Å². The molecule has 2 aromatic heterocycles. The van der Waals surface area contributed by atoms with E-state index in [4.69, 9.17) is 9.72 Å². The van der Waals surface area contributed by atoms with Gasteiger partial charge < -0.3 is 19.1 Å². The summed E-state index contributed by atoms with van der Waals surface area (Å²) in [5, 5.41) is 0.959. The van der Waals surface area contributed by atoms with E-state index in [2.05, 4.69) is 69.0 Å². The van der Waals surface area contributed by atoms with Crippen molar-refractivity contribution in [1.82, 2.24) is 9.55 Å². The molecule has 192 valence electrons. The molecule has 1 aliphatic heterocycles. The first-order chi connectivity index (χ1) is 18.2. The molecule has 5 rings (SSSR count). The van der Waals surface area contributed by atoms with Crippen LogP contribution in [0.5, 0.6) is 0 Å². The number of pyridine rings is 1. The van der Waals surface area contributed by atoms with Gasteiger partial charge in [-0.05, 0) is 36.5 Å². The number of hydrogen-bond acceptors (Lipinski definition) is 5. The molecule has 6 heteroatoms. The quantitative estimate of drug-likeness (QED) is 0.237. The number of hydrogen-bond donors (Lipinski definition) is 0. The topological polar surface area (TPSA) is 50.6 Å². The Labute approximate surface area is 219 Å². The van der Waals surface area contributed by atoms with Crippen molar-refractivity contribution in [3.05, 3.63) is 89.6 Å². The molecule has 2 aromatic carbocycles. The second-order valence-corrected chi connectivity index (χ2v) is 9.76. The number of carbonyl (C=O) groups is 1. The molecule has 3 heterocycles. The van der Waals surface area contributed by atoms with Gasteiger partial charge in [-0.15, -0.1) is 0 Å². The maximum atomic E-state index is 13.0. The Morgan fingerprint density at radius 1 is 0.946 bits per heavy atom. The number of Topliss-reactive ketones (excluding diaryl/α,β-unsaturated/α-hetero) is 1. The minimum Gasteiger partial charge on any atom is -0.364 e. The monoisotopic (exact) mass is 496 g/mol. The van der Waals surface area contributed by atoms with Gasteiger partial charge >= 0.3 is 0 Å². The summed E-state index contributed by atoms with van der Waals surface area (Å²) in [5.41, 5.74) is 4.08. The average molecular weight is 497 g/mol. The van der Waals surface area contributed by atoms with Crippen molar-refractivity contribution in [3.63, 3.8) is 0 Å². The molecule has 1 fully saturated rings. The van der Waals surface area contributed by atoms with Crippen LogP contribution in [0.25, 0.3) is 10.9 Å². The summed E-state index contributed by atoms with van der Waals surface area (Å²) in [6, 6.07) is 23.2. The molecular weight excluding hydrogens is 460 g/mol. The first-order valence-electron chi connectivity index (χ1n) is 13.3. The molecule has 0 N–H and O–H groups in total. The highest BCUT2D eigenvalue weighted by Crippen LogP contribution is 2.37. The number of carbonyl (C=O) groups excluding carboxylic acids is 1. The number of nitrogens with zero attached hydrogens (tertiary/aromatic N) is 4. The SMILES string of the molecule is CCC(=O)c1cnc(N(Cc2ccccc2)Cc2ccccc2)c2c1cc(N1CCCCC1)n2COC. The maximum absolute atomic E-state index is 13.0. The highest BCUT2D eigenvalue weighted by atomic mass is 16.5. The molecule has 0 unspecified atom stereocenters. The third-order valence-corrected chi connectivity index (χ3v) is 7.18. The number of aromatic nitrogens is 2. The van der Waals surface area contributed by atoms with Crippen molar-refractivity contribution in [2.45, 2.75) is 52.4 Å². The smallest absolute Gasteiger partial charge is 0.164 e. The van der Waals surface area contributed by atoms with Gasteiger partial charge in [-0.25, -0.2) is 4.98 Å². The molecule has 0 amide bonds. The number of anilines is 2.